The van der Waals surface area contributed by atoms with Crippen LogP contribution < -0.4 is 0 Å². The van der Waals surface area contributed by atoms with Gasteiger partial charge >= 0.3 is 7.60 Å². The van der Waals surface area contributed by atoms with E-state index in [1.165, 1.54) is 6.42 Å². The first-order valence-electron chi connectivity index (χ1n) is 6.27. The molecule has 0 aromatic carbocycles. The largest absolute Gasteiger partial charge is 0.342 e. The molecule has 0 N–H and O–H groups in total. The smallest absolute Gasteiger partial charge is 0.340 e. The van der Waals surface area contributed by atoms with E-state index in [-0.39, 0.29) is 12.1 Å². The Hall–Kier alpha value is -0.380. The third-order valence-corrected chi connectivity index (χ3v) is 4.65. The summed E-state index contributed by atoms with van der Waals surface area (Å²) in [6.45, 7) is 5.61. The maximum atomic E-state index is 12.2. The molecule has 0 unspecified atom stereocenters. The number of amides is 1. The van der Waals surface area contributed by atoms with Crippen LogP contribution in [-0.4, -0.2) is 43.3 Å². The van der Waals surface area contributed by atoms with Gasteiger partial charge in [0.25, 0.3) is 0 Å². The standard InChI is InChI=1S/C11H22NO4P/c1-3-15-17(14,16-4-2)10-11(13)12-8-6-5-7-9-12/h3-10H2,1-2H3. The number of rotatable bonds is 6. The van der Waals surface area contributed by atoms with E-state index in [2.05, 4.69) is 0 Å². The molecule has 1 saturated heterocycles. The van der Waals surface area contributed by atoms with Gasteiger partial charge in [-0.1, -0.05) is 0 Å². The Morgan fingerprint density at radius 2 is 1.65 bits per heavy atom. The van der Waals surface area contributed by atoms with Crippen LogP contribution in [0.15, 0.2) is 0 Å². The van der Waals surface area contributed by atoms with Crippen molar-refractivity contribution in [2.45, 2.75) is 33.1 Å². The average molecular weight is 263 g/mol. The van der Waals surface area contributed by atoms with Crippen LogP contribution in [0.25, 0.3) is 0 Å². The highest BCUT2D eigenvalue weighted by Gasteiger charge is 2.30. The summed E-state index contributed by atoms with van der Waals surface area (Å²) < 4.78 is 22.4. The number of carbonyl (C=O) groups is 1. The molecule has 0 bridgehead atoms. The molecule has 1 heterocycles. The predicted octanol–water partition coefficient (Wildman–Crippen LogP) is 2.27. The molecule has 0 spiro atoms. The molecule has 0 atom stereocenters. The monoisotopic (exact) mass is 263 g/mol. The fourth-order valence-corrected chi connectivity index (χ4v) is 3.51. The molecule has 100 valence electrons. The number of piperidine rings is 1. The molecule has 0 saturated carbocycles. The summed E-state index contributed by atoms with van der Waals surface area (Å²) in [6.07, 6.45) is 3.09. The van der Waals surface area contributed by atoms with Crippen molar-refractivity contribution >= 4 is 13.5 Å². The van der Waals surface area contributed by atoms with Crippen LogP contribution in [0.1, 0.15) is 33.1 Å². The number of hydrogen-bond acceptors (Lipinski definition) is 4. The van der Waals surface area contributed by atoms with Crippen LogP contribution in [0.5, 0.6) is 0 Å². The lowest BCUT2D eigenvalue weighted by molar-refractivity contribution is -0.129. The minimum Gasteiger partial charge on any atom is -0.342 e. The maximum Gasteiger partial charge on any atom is 0.340 e. The molecule has 0 aromatic heterocycles. The third kappa shape index (κ3) is 4.78. The quantitative estimate of drug-likeness (QED) is 0.690. The van der Waals surface area contributed by atoms with E-state index in [1.54, 1.807) is 18.7 Å². The lowest BCUT2D eigenvalue weighted by Crippen LogP contribution is -2.37. The first-order valence-corrected chi connectivity index (χ1v) is 8.00. The fourth-order valence-electron chi connectivity index (χ4n) is 1.93. The molecule has 1 rings (SSSR count). The van der Waals surface area contributed by atoms with Gasteiger partial charge in [0, 0.05) is 13.1 Å². The van der Waals surface area contributed by atoms with Gasteiger partial charge in [-0.3, -0.25) is 9.36 Å². The number of likely N-dealkylation sites (tertiary alicyclic amines) is 1. The van der Waals surface area contributed by atoms with E-state index in [4.69, 9.17) is 9.05 Å². The summed E-state index contributed by atoms with van der Waals surface area (Å²) in [5.74, 6) is -0.116. The molecule has 1 amide bonds. The molecule has 17 heavy (non-hydrogen) atoms. The predicted molar refractivity (Wildman–Crippen MR) is 66.2 cm³/mol. The number of hydrogen-bond donors (Lipinski definition) is 0. The van der Waals surface area contributed by atoms with Crippen molar-refractivity contribution in [2.24, 2.45) is 0 Å². The van der Waals surface area contributed by atoms with Crippen molar-refractivity contribution in [1.82, 2.24) is 4.90 Å². The summed E-state index contributed by atoms with van der Waals surface area (Å²) in [4.78, 5) is 13.7. The second-order valence-corrected chi connectivity index (χ2v) is 6.10. The van der Waals surface area contributed by atoms with Gasteiger partial charge in [0.05, 0.1) is 13.2 Å². The van der Waals surface area contributed by atoms with Crippen LogP contribution in [0, 0.1) is 0 Å². The minimum atomic E-state index is -3.23. The Bertz CT molecular complexity index is 279. The molecule has 6 heteroatoms. The lowest BCUT2D eigenvalue weighted by Gasteiger charge is -2.28. The van der Waals surface area contributed by atoms with Crippen molar-refractivity contribution < 1.29 is 18.4 Å². The zero-order valence-electron chi connectivity index (χ0n) is 10.7. The first-order chi connectivity index (χ1) is 8.11. The highest BCUT2D eigenvalue weighted by molar-refractivity contribution is 7.54. The van der Waals surface area contributed by atoms with Crippen molar-refractivity contribution in [3.05, 3.63) is 0 Å². The van der Waals surface area contributed by atoms with E-state index in [0.29, 0.717) is 13.2 Å². The lowest BCUT2D eigenvalue weighted by atomic mass is 10.1. The SMILES string of the molecule is CCOP(=O)(CC(=O)N1CCCCC1)OCC. The van der Waals surface area contributed by atoms with Crippen molar-refractivity contribution in [3.8, 4) is 0 Å². The highest BCUT2D eigenvalue weighted by Crippen LogP contribution is 2.48. The molecule has 1 fully saturated rings. The Labute approximate surface area is 103 Å². The van der Waals surface area contributed by atoms with Crippen LogP contribution in [0.3, 0.4) is 0 Å². The van der Waals surface area contributed by atoms with Gasteiger partial charge in [-0.25, -0.2) is 0 Å². The normalized spacial score (nSPS) is 17.2. The average Bonchev–Trinajstić information content (AvgIpc) is 2.30. The number of carbonyl (C=O) groups excluding carboxylic acids is 1. The Morgan fingerprint density at radius 1 is 1.12 bits per heavy atom. The second-order valence-electron chi connectivity index (χ2n) is 4.05. The van der Waals surface area contributed by atoms with E-state index in [0.717, 1.165) is 25.9 Å². The summed E-state index contributed by atoms with van der Waals surface area (Å²) in [6, 6.07) is 0. The summed E-state index contributed by atoms with van der Waals surface area (Å²) in [5, 5.41) is 0. The van der Waals surface area contributed by atoms with E-state index in [9.17, 15) is 9.36 Å². The fraction of sp³-hybridized carbons (Fsp3) is 0.909. The van der Waals surface area contributed by atoms with E-state index < -0.39 is 7.60 Å². The maximum absolute atomic E-state index is 12.2. The summed E-state index contributed by atoms with van der Waals surface area (Å²) in [5.41, 5.74) is 0. The Morgan fingerprint density at radius 3 is 2.12 bits per heavy atom. The van der Waals surface area contributed by atoms with Gasteiger partial charge in [0.1, 0.15) is 6.16 Å². The number of nitrogens with zero attached hydrogens (tertiary/aromatic N) is 1. The van der Waals surface area contributed by atoms with Gasteiger partial charge in [-0.15, -0.1) is 0 Å². The molecule has 5 nitrogen and oxygen atoms in total. The zero-order valence-corrected chi connectivity index (χ0v) is 11.6. The summed E-state index contributed by atoms with van der Waals surface area (Å²) in [7, 11) is -3.23. The Kier molecular flexibility index (Phi) is 6.17. The molecule has 0 aliphatic carbocycles. The van der Waals surface area contributed by atoms with Gasteiger partial charge in [0.15, 0.2) is 0 Å². The van der Waals surface area contributed by atoms with Crippen LogP contribution in [-0.2, 0) is 18.4 Å². The van der Waals surface area contributed by atoms with Crippen LogP contribution >= 0.6 is 7.60 Å². The molecule has 1 aliphatic rings. The molecule has 0 aromatic rings. The first kappa shape index (κ1) is 14.7. The van der Waals surface area contributed by atoms with Gasteiger partial charge < -0.3 is 13.9 Å². The van der Waals surface area contributed by atoms with E-state index in [1.807, 2.05) is 0 Å². The zero-order chi connectivity index (χ0) is 12.7. The molecule has 1 aliphatic heterocycles. The van der Waals surface area contributed by atoms with Crippen molar-refractivity contribution in [3.63, 3.8) is 0 Å². The van der Waals surface area contributed by atoms with Gasteiger partial charge in [0.2, 0.25) is 5.91 Å². The summed E-state index contributed by atoms with van der Waals surface area (Å²) >= 11 is 0. The molecule has 0 radical (unpaired) electrons. The van der Waals surface area contributed by atoms with Crippen molar-refractivity contribution in [1.29, 1.82) is 0 Å². The topological polar surface area (TPSA) is 55.8 Å². The molecular formula is C11H22NO4P. The minimum absolute atomic E-state index is 0.116. The van der Waals surface area contributed by atoms with Crippen molar-refractivity contribution in [2.75, 3.05) is 32.5 Å². The van der Waals surface area contributed by atoms with Gasteiger partial charge in [-0.05, 0) is 33.1 Å². The highest BCUT2D eigenvalue weighted by atomic mass is 31.2. The second kappa shape index (κ2) is 7.14. The van der Waals surface area contributed by atoms with Crippen LogP contribution in [0.4, 0.5) is 0 Å². The third-order valence-electron chi connectivity index (χ3n) is 2.69. The Balaban J connectivity index is 2.53. The van der Waals surface area contributed by atoms with Gasteiger partial charge in [-0.2, -0.15) is 0 Å². The molecular weight excluding hydrogens is 241 g/mol. The van der Waals surface area contributed by atoms with Crippen LogP contribution in [0.2, 0.25) is 0 Å². The van der Waals surface area contributed by atoms with E-state index >= 15 is 0 Å².